The predicted octanol–water partition coefficient (Wildman–Crippen LogP) is 0.768. The van der Waals surface area contributed by atoms with Gasteiger partial charge in [-0.2, -0.15) is 0 Å². The average molecular weight is 147 g/mol. The summed E-state index contributed by atoms with van der Waals surface area (Å²) in [5.41, 5.74) is 0.428. The molecular weight excluding hydrogens is 140 g/mol. The Morgan fingerprint density at radius 1 is 1.78 bits per heavy atom. The smallest absolute Gasteiger partial charge is 0.318 e. The molecule has 0 bridgehead atoms. The highest BCUT2D eigenvalue weighted by molar-refractivity contribution is 6.22. The molecule has 0 saturated carbocycles. The van der Waals surface area contributed by atoms with Crippen LogP contribution in [0.4, 0.5) is 4.79 Å². The molecule has 0 aliphatic carbocycles. The van der Waals surface area contributed by atoms with E-state index in [1.165, 1.54) is 0 Å². The number of carbonyl (C=O) groups is 1. The first-order chi connectivity index (χ1) is 4.18. The minimum absolute atomic E-state index is 0.241. The molecule has 0 aromatic rings. The third-order valence-electron chi connectivity index (χ3n) is 0.976. The first-order valence-corrected chi connectivity index (χ1v) is 3.02. The number of urea groups is 1. The van der Waals surface area contributed by atoms with Crippen molar-refractivity contribution in [3.05, 3.63) is 11.8 Å². The lowest BCUT2D eigenvalue weighted by Gasteiger charge is -2.16. The summed E-state index contributed by atoms with van der Waals surface area (Å²) in [5, 5.41) is 4.98. The summed E-state index contributed by atoms with van der Waals surface area (Å²) in [7, 11) is 0. The van der Waals surface area contributed by atoms with Crippen LogP contribution in [0.5, 0.6) is 0 Å². The zero-order valence-electron chi connectivity index (χ0n) is 4.94. The summed E-state index contributed by atoms with van der Waals surface area (Å²) in [6.07, 6.45) is 1.73. The highest BCUT2D eigenvalue weighted by atomic mass is 35.5. The fraction of sp³-hybridized carbons (Fsp3) is 0.400. The molecule has 2 N–H and O–H groups in total. The van der Waals surface area contributed by atoms with Crippen LogP contribution in [0.25, 0.3) is 0 Å². The summed E-state index contributed by atoms with van der Waals surface area (Å²) in [4.78, 5) is 10.5. The van der Waals surface area contributed by atoms with Crippen LogP contribution in [0, 0.1) is 0 Å². The Morgan fingerprint density at radius 2 is 2.44 bits per heavy atom. The number of rotatable bonds is 0. The second kappa shape index (κ2) is 2.27. The van der Waals surface area contributed by atoms with Crippen LogP contribution in [0.2, 0.25) is 0 Å². The minimum atomic E-state index is -0.362. The molecule has 0 aromatic heterocycles. The lowest BCUT2D eigenvalue weighted by Crippen LogP contribution is -2.42. The zero-order chi connectivity index (χ0) is 6.85. The van der Waals surface area contributed by atoms with Crippen LogP contribution in [0.3, 0.4) is 0 Å². The Kier molecular flexibility index (Phi) is 1.62. The second-order valence-electron chi connectivity index (χ2n) is 1.85. The molecule has 0 radical (unpaired) electrons. The molecule has 1 atom stereocenters. The molecule has 2 amide bonds. The molecule has 50 valence electrons. The monoisotopic (exact) mass is 146 g/mol. The summed E-state index contributed by atoms with van der Waals surface area (Å²) in [6, 6.07) is -0.241. The highest BCUT2D eigenvalue weighted by Crippen LogP contribution is 2.01. The van der Waals surface area contributed by atoms with Gasteiger partial charge in [-0.05, 0) is 13.0 Å². The van der Waals surface area contributed by atoms with Crippen molar-refractivity contribution in [3.63, 3.8) is 0 Å². The molecular formula is C5H7ClN2O. The van der Waals surface area contributed by atoms with Gasteiger partial charge in [0.05, 0.1) is 0 Å². The molecule has 1 aliphatic rings. The Bertz CT molecular complexity index is 166. The van der Waals surface area contributed by atoms with E-state index >= 15 is 0 Å². The molecule has 3 nitrogen and oxygen atoms in total. The number of hydrogen-bond donors (Lipinski definition) is 2. The van der Waals surface area contributed by atoms with Gasteiger partial charge in [-0.3, -0.25) is 0 Å². The van der Waals surface area contributed by atoms with Gasteiger partial charge in [-0.25, -0.2) is 4.79 Å². The lowest BCUT2D eigenvalue weighted by atomic mass is 10.4. The van der Waals surface area contributed by atoms with E-state index in [9.17, 15) is 4.79 Å². The molecule has 4 heteroatoms. The maximum atomic E-state index is 10.5. The number of halogens is 1. The van der Waals surface area contributed by atoms with Gasteiger partial charge in [0.15, 0.2) is 0 Å². The highest BCUT2D eigenvalue weighted by Gasteiger charge is 2.11. The number of hydrogen-bond acceptors (Lipinski definition) is 1. The lowest BCUT2D eigenvalue weighted by molar-refractivity contribution is 0.242. The first kappa shape index (κ1) is 6.42. The van der Waals surface area contributed by atoms with Crippen molar-refractivity contribution in [3.8, 4) is 0 Å². The molecule has 1 rings (SSSR count). The second-order valence-corrected chi connectivity index (χ2v) is 2.32. The summed E-state index contributed by atoms with van der Waals surface area (Å²) >= 11 is 5.56. The van der Waals surface area contributed by atoms with Crippen molar-refractivity contribution in [1.82, 2.24) is 10.6 Å². The van der Waals surface area contributed by atoms with Crippen molar-refractivity contribution in [2.45, 2.75) is 12.4 Å². The van der Waals surface area contributed by atoms with Gasteiger partial charge < -0.3 is 10.6 Å². The predicted molar refractivity (Wildman–Crippen MR) is 35.1 cm³/mol. The summed E-state index contributed by atoms with van der Waals surface area (Å²) in [6.45, 7) is 1.79. The van der Waals surface area contributed by atoms with Crippen LogP contribution in [0.15, 0.2) is 11.8 Å². The molecule has 1 aliphatic heterocycles. The normalized spacial score (nSPS) is 26.2. The SMILES string of the molecule is CC1=CC(Cl)NC(=O)N1. The zero-order valence-corrected chi connectivity index (χ0v) is 5.70. The van der Waals surface area contributed by atoms with E-state index in [1.54, 1.807) is 13.0 Å². The van der Waals surface area contributed by atoms with Gasteiger partial charge in [-0.1, -0.05) is 11.6 Å². The molecule has 1 unspecified atom stereocenters. The standard InChI is InChI=1S/C5H7ClN2O/c1-3-2-4(6)8-5(9)7-3/h2,4H,1H3,(H2,7,8,9). The van der Waals surface area contributed by atoms with Gasteiger partial charge in [0.2, 0.25) is 0 Å². The van der Waals surface area contributed by atoms with E-state index in [-0.39, 0.29) is 11.5 Å². The average Bonchev–Trinajstić information content (AvgIpc) is 1.59. The first-order valence-electron chi connectivity index (χ1n) is 2.58. The summed E-state index contributed by atoms with van der Waals surface area (Å²) in [5.74, 6) is 0. The van der Waals surface area contributed by atoms with Crippen LogP contribution < -0.4 is 10.6 Å². The Labute approximate surface area is 58.1 Å². The summed E-state index contributed by atoms with van der Waals surface area (Å²) < 4.78 is 0. The van der Waals surface area contributed by atoms with Crippen LogP contribution in [-0.4, -0.2) is 11.5 Å². The maximum Gasteiger partial charge on any atom is 0.320 e. The number of amides is 2. The van der Waals surface area contributed by atoms with Gasteiger partial charge in [0.25, 0.3) is 0 Å². The minimum Gasteiger partial charge on any atom is -0.318 e. The largest absolute Gasteiger partial charge is 0.320 e. The Balaban J connectivity index is 2.67. The van der Waals surface area contributed by atoms with E-state index in [4.69, 9.17) is 11.6 Å². The van der Waals surface area contributed by atoms with E-state index in [0.717, 1.165) is 5.70 Å². The molecule has 0 aromatic carbocycles. The van der Waals surface area contributed by atoms with Crippen LogP contribution >= 0.6 is 11.6 Å². The van der Waals surface area contributed by atoms with Crippen molar-refractivity contribution in [2.75, 3.05) is 0 Å². The third-order valence-corrected chi connectivity index (χ3v) is 1.21. The molecule has 0 saturated heterocycles. The third kappa shape index (κ3) is 1.61. The topological polar surface area (TPSA) is 41.1 Å². The fourth-order valence-corrected chi connectivity index (χ4v) is 0.931. The number of alkyl halides is 1. The van der Waals surface area contributed by atoms with Crippen molar-refractivity contribution < 1.29 is 4.79 Å². The fourth-order valence-electron chi connectivity index (χ4n) is 0.643. The van der Waals surface area contributed by atoms with E-state index in [1.807, 2.05) is 0 Å². The van der Waals surface area contributed by atoms with Gasteiger partial charge in [-0.15, -0.1) is 0 Å². The van der Waals surface area contributed by atoms with Crippen LogP contribution in [-0.2, 0) is 0 Å². The van der Waals surface area contributed by atoms with Crippen molar-refractivity contribution >= 4 is 17.6 Å². The Hall–Kier alpha value is -0.700. The quantitative estimate of drug-likeness (QED) is 0.385. The van der Waals surface area contributed by atoms with E-state index in [2.05, 4.69) is 10.6 Å². The van der Waals surface area contributed by atoms with Gasteiger partial charge in [0, 0.05) is 5.70 Å². The van der Waals surface area contributed by atoms with E-state index in [0.29, 0.717) is 0 Å². The number of carbonyl (C=O) groups excluding carboxylic acids is 1. The maximum absolute atomic E-state index is 10.5. The molecule has 1 heterocycles. The van der Waals surface area contributed by atoms with Crippen LogP contribution in [0.1, 0.15) is 6.92 Å². The number of allylic oxidation sites excluding steroid dienone is 1. The van der Waals surface area contributed by atoms with Crippen molar-refractivity contribution in [1.29, 1.82) is 0 Å². The van der Waals surface area contributed by atoms with E-state index < -0.39 is 0 Å². The molecule has 0 spiro atoms. The molecule has 9 heavy (non-hydrogen) atoms. The van der Waals surface area contributed by atoms with Gasteiger partial charge in [0.1, 0.15) is 5.50 Å². The molecule has 0 fully saturated rings. The van der Waals surface area contributed by atoms with Crippen molar-refractivity contribution in [2.24, 2.45) is 0 Å². The number of nitrogens with one attached hydrogen (secondary N) is 2. The Morgan fingerprint density at radius 3 is 2.89 bits per heavy atom. The van der Waals surface area contributed by atoms with Gasteiger partial charge >= 0.3 is 6.03 Å².